The largest absolute Gasteiger partial charge is 0.384 e. The number of anilines is 2. The van der Waals surface area contributed by atoms with Gasteiger partial charge in [-0.1, -0.05) is 0 Å². The molecular weight excluding hydrogens is 192 g/mol. The van der Waals surface area contributed by atoms with Gasteiger partial charge in [0.05, 0.1) is 0 Å². The first-order valence-corrected chi connectivity index (χ1v) is 5.12. The third kappa shape index (κ3) is 1.88. The van der Waals surface area contributed by atoms with E-state index in [2.05, 4.69) is 9.88 Å². The van der Waals surface area contributed by atoms with Crippen LogP contribution in [0.2, 0.25) is 0 Å². The predicted molar refractivity (Wildman–Crippen MR) is 58.7 cm³/mol. The Kier molecular flexibility index (Phi) is 2.49. The Morgan fingerprint density at radius 2 is 1.93 bits per heavy atom. The van der Waals surface area contributed by atoms with Crippen LogP contribution in [0.5, 0.6) is 0 Å². The highest BCUT2D eigenvalue weighted by molar-refractivity contribution is 5.46. The standard InChI is InChI=1S/C9H16N6/c10-7-6-8(13-9(11)15(7)12)14-4-2-1-3-5-14/h6,11H,1-5,10,12H2. The van der Waals surface area contributed by atoms with Gasteiger partial charge in [-0.25, -0.2) is 4.68 Å². The summed E-state index contributed by atoms with van der Waals surface area (Å²) in [7, 11) is 0. The Hall–Kier alpha value is -1.72. The third-order valence-corrected chi connectivity index (χ3v) is 2.68. The van der Waals surface area contributed by atoms with Crippen LogP contribution in [-0.4, -0.2) is 22.7 Å². The summed E-state index contributed by atoms with van der Waals surface area (Å²) in [4.78, 5) is 6.26. The van der Waals surface area contributed by atoms with E-state index in [1.165, 1.54) is 19.3 Å². The van der Waals surface area contributed by atoms with E-state index in [4.69, 9.17) is 17.0 Å². The van der Waals surface area contributed by atoms with E-state index < -0.39 is 0 Å². The zero-order valence-corrected chi connectivity index (χ0v) is 8.61. The van der Waals surface area contributed by atoms with Gasteiger partial charge in [0.25, 0.3) is 0 Å². The first-order valence-electron chi connectivity index (χ1n) is 5.12. The lowest BCUT2D eigenvalue weighted by atomic mass is 10.1. The molecule has 1 aromatic heterocycles. The van der Waals surface area contributed by atoms with Gasteiger partial charge >= 0.3 is 0 Å². The quantitative estimate of drug-likeness (QED) is 0.549. The molecule has 1 aliphatic rings. The highest BCUT2D eigenvalue weighted by atomic mass is 15.4. The van der Waals surface area contributed by atoms with Crippen LogP contribution in [0.3, 0.4) is 0 Å². The van der Waals surface area contributed by atoms with E-state index in [1.54, 1.807) is 6.07 Å². The Bertz CT molecular complexity index is 404. The molecule has 0 saturated carbocycles. The highest BCUT2D eigenvalue weighted by Crippen LogP contribution is 2.17. The smallest absolute Gasteiger partial charge is 0.244 e. The zero-order valence-electron chi connectivity index (χ0n) is 8.61. The van der Waals surface area contributed by atoms with Gasteiger partial charge in [0.15, 0.2) is 0 Å². The number of hydrogen-bond donors (Lipinski definition) is 3. The Morgan fingerprint density at radius 3 is 2.53 bits per heavy atom. The van der Waals surface area contributed by atoms with Gasteiger partial charge in [0.1, 0.15) is 11.6 Å². The average Bonchev–Trinajstić information content (AvgIpc) is 2.26. The summed E-state index contributed by atoms with van der Waals surface area (Å²) >= 11 is 0. The Labute approximate surface area is 88.0 Å². The minimum absolute atomic E-state index is 0.00410. The molecule has 15 heavy (non-hydrogen) atoms. The van der Waals surface area contributed by atoms with E-state index in [9.17, 15) is 0 Å². The van der Waals surface area contributed by atoms with E-state index in [0.29, 0.717) is 5.82 Å². The lowest BCUT2D eigenvalue weighted by molar-refractivity contribution is 0.571. The maximum Gasteiger partial charge on any atom is 0.244 e. The van der Waals surface area contributed by atoms with Crippen molar-refractivity contribution in [1.29, 1.82) is 5.41 Å². The van der Waals surface area contributed by atoms with Gasteiger partial charge in [-0.3, -0.25) is 5.41 Å². The van der Waals surface area contributed by atoms with Crippen LogP contribution >= 0.6 is 0 Å². The number of nitrogens with zero attached hydrogens (tertiary/aromatic N) is 3. The third-order valence-electron chi connectivity index (χ3n) is 2.68. The second-order valence-corrected chi connectivity index (χ2v) is 3.78. The topological polar surface area (TPSA) is 97.0 Å². The average molecular weight is 208 g/mol. The number of piperidine rings is 1. The molecule has 0 unspecified atom stereocenters. The Balaban J connectivity index is 2.32. The van der Waals surface area contributed by atoms with Gasteiger partial charge in [-0.15, -0.1) is 0 Å². The molecule has 0 aliphatic carbocycles. The van der Waals surface area contributed by atoms with Crippen LogP contribution in [0.15, 0.2) is 6.07 Å². The number of rotatable bonds is 1. The number of nitrogen functional groups attached to an aromatic ring is 2. The van der Waals surface area contributed by atoms with Crippen LogP contribution in [0.1, 0.15) is 19.3 Å². The maximum absolute atomic E-state index is 7.54. The van der Waals surface area contributed by atoms with Crippen molar-refractivity contribution in [2.75, 3.05) is 29.6 Å². The molecule has 0 atom stereocenters. The summed E-state index contributed by atoms with van der Waals surface area (Å²) in [5, 5.41) is 7.54. The normalized spacial score (nSPS) is 16.7. The van der Waals surface area contributed by atoms with Crippen molar-refractivity contribution in [2.45, 2.75) is 19.3 Å². The predicted octanol–water partition coefficient (Wildman–Crippen LogP) is -0.351. The fourth-order valence-electron chi connectivity index (χ4n) is 1.80. The highest BCUT2D eigenvalue weighted by Gasteiger charge is 2.13. The lowest BCUT2D eigenvalue weighted by Crippen LogP contribution is -2.36. The molecule has 2 rings (SSSR count). The van der Waals surface area contributed by atoms with Crippen LogP contribution in [0.4, 0.5) is 11.6 Å². The molecule has 1 fully saturated rings. The molecule has 0 bridgehead atoms. The van der Waals surface area contributed by atoms with E-state index in [0.717, 1.165) is 23.6 Å². The molecule has 82 valence electrons. The molecular formula is C9H16N6. The van der Waals surface area contributed by atoms with Crippen LogP contribution in [-0.2, 0) is 0 Å². The van der Waals surface area contributed by atoms with Crippen LogP contribution in [0, 0.1) is 5.41 Å². The van der Waals surface area contributed by atoms with Gasteiger partial charge in [-0.2, -0.15) is 4.98 Å². The SMILES string of the molecule is N=c1nc(N2CCCCC2)cc(N)n1N. The minimum Gasteiger partial charge on any atom is -0.384 e. The van der Waals surface area contributed by atoms with Gasteiger partial charge in [0, 0.05) is 19.2 Å². The monoisotopic (exact) mass is 208 g/mol. The van der Waals surface area contributed by atoms with Gasteiger partial charge < -0.3 is 16.5 Å². The maximum atomic E-state index is 7.54. The molecule has 0 aromatic carbocycles. The molecule has 6 heteroatoms. The second kappa shape index (κ2) is 3.80. The van der Waals surface area contributed by atoms with Crippen molar-refractivity contribution in [2.24, 2.45) is 0 Å². The van der Waals surface area contributed by atoms with E-state index in [1.807, 2.05) is 0 Å². The van der Waals surface area contributed by atoms with Crippen molar-refractivity contribution in [1.82, 2.24) is 9.66 Å². The molecule has 0 spiro atoms. The Morgan fingerprint density at radius 1 is 1.27 bits per heavy atom. The molecule has 0 radical (unpaired) electrons. The van der Waals surface area contributed by atoms with E-state index in [-0.39, 0.29) is 5.62 Å². The first kappa shape index (κ1) is 9.82. The zero-order chi connectivity index (χ0) is 10.8. The molecule has 1 aliphatic heterocycles. The minimum atomic E-state index is -0.00410. The number of nitrogens with two attached hydrogens (primary N) is 2. The number of hydrogen-bond acceptors (Lipinski definition) is 5. The summed E-state index contributed by atoms with van der Waals surface area (Å²) < 4.78 is 1.08. The summed E-state index contributed by atoms with van der Waals surface area (Å²) in [5.41, 5.74) is 5.68. The lowest BCUT2D eigenvalue weighted by Gasteiger charge is -2.27. The first-order chi connectivity index (χ1) is 7.18. The summed E-state index contributed by atoms with van der Waals surface area (Å²) in [6.07, 6.45) is 3.61. The van der Waals surface area contributed by atoms with Crippen molar-refractivity contribution in [3.05, 3.63) is 11.7 Å². The summed E-state index contributed by atoms with van der Waals surface area (Å²) in [6.45, 7) is 1.97. The number of nitrogens with one attached hydrogen (secondary N) is 1. The summed E-state index contributed by atoms with van der Waals surface area (Å²) in [5.74, 6) is 6.64. The summed E-state index contributed by atoms with van der Waals surface area (Å²) in [6, 6.07) is 1.73. The number of aromatic nitrogens is 2. The molecule has 6 nitrogen and oxygen atoms in total. The molecule has 0 amide bonds. The molecule has 1 saturated heterocycles. The van der Waals surface area contributed by atoms with Crippen molar-refractivity contribution in [3.8, 4) is 0 Å². The van der Waals surface area contributed by atoms with Gasteiger partial charge in [-0.05, 0) is 19.3 Å². The van der Waals surface area contributed by atoms with Crippen LogP contribution in [0.25, 0.3) is 0 Å². The van der Waals surface area contributed by atoms with Crippen molar-refractivity contribution in [3.63, 3.8) is 0 Å². The fourth-order valence-corrected chi connectivity index (χ4v) is 1.80. The fraction of sp³-hybridized carbons (Fsp3) is 0.556. The van der Waals surface area contributed by atoms with Gasteiger partial charge in [0.2, 0.25) is 5.62 Å². The molecule has 1 aromatic rings. The van der Waals surface area contributed by atoms with Crippen LogP contribution < -0.4 is 22.1 Å². The van der Waals surface area contributed by atoms with Crippen molar-refractivity contribution < 1.29 is 0 Å². The van der Waals surface area contributed by atoms with Crippen molar-refractivity contribution >= 4 is 11.6 Å². The molecule has 5 N–H and O–H groups in total. The second-order valence-electron chi connectivity index (χ2n) is 3.78. The molecule has 2 heterocycles. The van der Waals surface area contributed by atoms with E-state index >= 15 is 0 Å².